The lowest BCUT2D eigenvalue weighted by Gasteiger charge is -2.13. The van der Waals surface area contributed by atoms with Crippen LogP contribution in [0.1, 0.15) is 13.3 Å². The maximum absolute atomic E-state index is 10.6. The number of thioether (sulfide) groups is 2. The van der Waals surface area contributed by atoms with Gasteiger partial charge in [-0.05, 0) is 6.92 Å². The molecule has 0 amide bonds. The van der Waals surface area contributed by atoms with Crippen LogP contribution < -0.4 is 0 Å². The minimum absolute atomic E-state index is 0.358. The van der Waals surface area contributed by atoms with Crippen LogP contribution >= 0.6 is 23.5 Å². The Bertz CT molecular complexity index is 103. The van der Waals surface area contributed by atoms with E-state index in [9.17, 15) is 4.79 Å². The van der Waals surface area contributed by atoms with Crippen LogP contribution in [-0.2, 0) is 4.79 Å². The summed E-state index contributed by atoms with van der Waals surface area (Å²) >= 11 is 3.33. The molecule has 1 saturated heterocycles. The second-order valence-electron chi connectivity index (χ2n) is 1.68. The molecular weight excluding hydrogens is 140 g/mol. The van der Waals surface area contributed by atoms with Crippen molar-refractivity contribution in [2.45, 2.75) is 17.9 Å². The molecule has 0 N–H and O–H groups in total. The molecule has 0 saturated carbocycles. The van der Waals surface area contributed by atoms with Crippen molar-refractivity contribution in [1.82, 2.24) is 0 Å². The normalized spacial score (nSPS) is 30.6. The summed E-state index contributed by atoms with van der Waals surface area (Å²) in [5.74, 6) is 1.02. The SMILES string of the molecule is C[C@@H]1SCCC(=O)S1. The molecule has 1 heterocycles. The monoisotopic (exact) mass is 148 g/mol. The average molecular weight is 148 g/mol. The molecule has 0 aromatic carbocycles. The second kappa shape index (κ2) is 2.78. The Hall–Kier alpha value is 0.370. The zero-order valence-electron chi connectivity index (χ0n) is 4.72. The summed E-state index contributed by atoms with van der Waals surface area (Å²) in [7, 11) is 0. The van der Waals surface area contributed by atoms with Gasteiger partial charge >= 0.3 is 0 Å². The molecule has 1 rings (SSSR count). The van der Waals surface area contributed by atoms with E-state index >= 15 is 0 Å². The first-order valence-electron chi connectivity index (χ1n) is 2.60. The minimum Gasteiger partial charge on any atom is -0.287 e. The van der Waals surface area contributed by atoms with Crippen LogP contribution in [0, 0.1) is 0 Å². The van der Waals surface area contributed by atoms with Crippen LogP contribution in [-0.4, -0.2) is 15.5 Å². The predicted octanol–water partition coefficient (Wildman–Crippen LogP) is 1.73. The van der Waals surface area contributed by atoms with Crippen molar-refractivity contribution < 1.29 is 4.79 Å². The summed E-state index contributed by atoms with van der Waals surface area (Å²) < 4.78 is 0.497. The number of hydrogen-bond acceptors (Lipinski definition) is 3. The van der Waals surface area contributed by atoms with Crippen LogP contribution in [0.15, 0.2) is 0 Å². The van der Waals surface area contributed by atoms with Gasteiger partial charge in [0.1, 0.15) is 0 Å². The first-order valence-corrected chi connectivity index (χ1v) is 4.53. The van der Waals surface area contributed by atoms with Gasteiger partial charge in [0.2, 0.25) is 0 Å². The largest absolute Gasteiger partial charge is 0.287 e. The van der Waals surface area contributed by atoms with Gasteiger partial charge in [-0.2, -0.15) is 0 Å². The molecule has 0 radical (unpaired) electrons. The Morgan fingerprint density at radius 1 is 1.75 bits per heavy atom. The minimum atomic E-state index is 0.358. The number of carbonyl (C=O) groups is 1. The summed E-state index contributed by atoms with van der Waals surface area (Å²) in [6.45, 7) is 2.08. The molecule has 0 bridgehead atoms. The molecule has 1 atom stereocenters. The van der Waals surface area contributed by atoms with Gasteiger partial charge in [0.05, 0.1) is 4.58 Å². The van der Waals surface area contributed by atoms with Crippen molar-refractivity contribution in [3.05, 3.63) is 0 Å². The highest BCUT2D eigenvalue weighted by atomic mass is 32.2. The first-order chi connectivity index (χ1) is 3.79. The number of rotatable bonds is 0. The molecular formula is C5H8OS2. The zero-order chi connectivity index (χ0) is 5.98. The van der Waals surface area contributed by atoms with Crippen molar-refractivity contribution in [2.24, 2.45) is 0 Å². The Balaban J connectivity index is 2.34. The molecule has 46 valence electrons. The first kappa shape index (κ1) is 6.49. The smallest absolute Gasteiger partial charge is 0.190 e. The van der Waals surface area contributed by atoms with E-state index < -0.39 is 0 Å². The fraction of sp³-hybridized carbons (Fsp3) is 0.800. The van der Waals surface area contributed by atoms with Crippen LogP contribution in [0.5, 0.6) is 0 Å². The van der Waals surface area contributed by atoms with Crippen LogP contribution in [0.4, 0.5) is 0 Å². The van der Waals surface area contributed by atoms with Crippen LogP contribution in [0.2, 0.25) is 0 Å². The van der Waals surface area contributed by atoms with Crippen LogP contribution in [0.25, 0.3) is 0 Å². The summed E-state index contributed by atoms with van der Waals surface area (Å²) in [5.41, 5.74) is 0. The Morgan fingerprint density at radius 3 is 2.88 bits per heavy atom. The van der Waals surface area contributed by atoms with E-state index in [1.54, 1.807) is 0 Å². The highest BCUT2D eigenvalue weighted by molar-refractivity contribution is 8.25. The number of hydrogen-bond donors (Lipinski definition) is 0. The molecule has 1 aliphatic heterocycles. The molecule has 0 aliphatic carbocycles. The van der Waals surface area contributed by atoms with E-state index in [0.29, 0.717) is 9.70 Å². The Labute approximate surface area is 57.6 Å². The number of carbonyl (C=O) groups excluding carboxylic acids is 1. The maximum Gasteiger partial charge on any atom is 0.190 e. The predicted molar refractivity (Wildman–Crippen MR) is 39.1 cm³/mol. The molecule has 0 spiro atoms. The van der Waals surface area contributed by atoms with Gasteiger partial charge in [0.25, 0.3) is 0 Å². The van der Waals surface area contributed by atoms with E-state index in [1.807, 2.05) is 11.8 Å². The zero-order valence-corrected chi connectivity index (χ0v) is 6.35. The summed E-state index contributed by atoms with van der Waals surface area (Å²) in [6.07, 6.45) is 0.764. The third kappa shape index (κ3) is 1.71. The molecule has 1 aliphatic rings. The van der Waals surface area contributed by atoms with E-state index in [1.165, 1.54) is 11.8 Å². The maximum atomic E-state index is 10.6. The molecule has 0 aromatic rings. The van der Waals surface area contributed by atoms with Gasteiger partial charge in [-0.3, -0.25) is 4.79 Å². The van der Waals surface area contributed by atoms with Gasteiger partial charge in [0, 0.05) is 12.2 Å². The van der Waals surface area contributed by atoms with Crippen LogP contribution in [0.3, 0.4) is 0 Å². The van der Waals surface area contributed by atoms with Gasteiger partial charge < -0.3 is 0 Å². The Kier molecular flexibility index (Phi) is 2.26. The highest BCUT2D eigenvalue weighted by Crippen LogP contribution is 2.30. The molecule has 0 aromatic heterocycles. The molecule has 1 nitrogen and oxygen atoms in total. The van der Waals surface area contributed by atoms with E-state index in [4.69, 9.17) is 0 Å². The lowest BCUT2D eigenvalue weighted by atomic mass is 10.5. The average Bonchev–Trinajstić information content (AvgIpc) is 1.64. The third-order valence-corrected chi connectivity index (χ3v) is 3.36. The van der Waals surface area contributed by atoms with Gasteiger partial charge in [-0.1, -0.05) is 11.8 Å². The van der Waals surface area contributed by atoms with Crippen molar-refractivity contribution in [2.75, 3.05) is 5.75 Å². The quantitative estimate of drug-likeness (QED) is 0.521. The lowest BCUT2D eigenvalue weighted by Crippen LogP contribution is -2.07. The summed E-state index contributed by atoms with van der Waals surface area (Å²) in [6, 6.07) is 0. The molecule has 0 unspecified atom stereocenters. The molecule has 3 heteroatoms. The highest BCUT2D eigenvalue weighted by Gasteiger charge is 2.15. The molecule has 1 fully saturated rings. The van der Waals surface area contributed by atoms with Gasteiger partial charge in [-0.25, -0.2) is 0 Å². The van der Waals surface area contributed by atoms with Crippen molar-refractivity contribution >= 4 is 28.6 Å². The van der Waals surface area contributed by atoms with Crippen molar-refractivity contribution in [1.29, 1.82) is 0 Å². The van der Waals surface area contributed by atoms with E-state index in [0.717, 1.165) is 12.2 Å². The summed E-state index contributed by atoms with van der Waals surface area (Å²) in [5, 5.41) is 0.358. The van der Waals surface area contributed by atoms with Gasteiger partial charge in [0.15, 0.2) is 5.12 Å². The topological polar surface area (TPSA) is 17.1 Å². The standard InChI is InChI=1S/C5H8OS2/c1-4-7-3-2-5(6)8-4/h4H,2-3H2,1H3/t4-/m1/s1. The van der Waals surface area contributed by atoms with Crippen molar-refractivity contribution in [3.63, 3.8) is 0 Å². The second-order valence-corrected chi connectivity index (χ2v) is 4.82. The van der Waals surface area contributed by atoms with E-state index in [-0.39, 0.29) is 0 Å². The Morgan fingerprint density at radius 2 is 2.50 bits per heavy atom. The summed E-state index contributed by atoms with van der Waals surface area (Å²) in [4.78, 5) is 10.6. The fourth-order valence-corrected chi connectivity index (χ4v) is 2.82. The molecule has 8 heavy (non-hydrogen) atoms. The van der Waals surface area contributed by atoms with Gasteiger partial charge in [-0.15, -0.1) is 11.8 Å². The third-order valence-electron chi connectivity index (χ3n) is 0.956. The van der Waals surface area contributed by atoms with E-state index in [2.05, 4.69) is 6.92 Å². The lowest BCUT2D eigenvalue weighted by molar-refractivity contribution is -0.110. The van der Waals surface area contributed by atoms with Crippen molar-refractivity contribution in [3.8, 4) is 0 Å². The fourth-order valence-electron chi connectivity index (χ4n) is 0.586.